The first kappa shape index (κ1) is 51.4. The lowest BCUT2D eigenvalue weighted by atomic mass is 10.0. The van der Waals surface area contributed by atoms with Gasteiger partial charge < -0.3 is 13.3 Å². The molecule has 0 aromatic carbocycles. The fourth-order valence-electron chi connectivity index (χ4n) is 7.31. The Morgan fingerprint density at radius 1 is 0.333 bits per heavy atom. The molecule has 0 spiro atoms. The van der Waals surface area contributed by atoms with Gasteiger partial charge in [-0.1, -0.05) is 240 Å². The van der Waals surface area contributed by atoms with Crippen LogP contribution < -0.4 is 0 Å². The standard InChI is InChI=1S/C46H96O3SSi/c1-5-8-11-14-17-20-23-25-26-28-31-34-37-40-43-49-51(45-46(4)44-50,47-41-38-35-32-29-22-19-16-13-10-7-3)48-42-39-36-33-30-27-24-21-18-15-12-9-6-2/h46,50H,5-45H2,1-4H3. The summed E-state index contributed by atoms with van der Waals surface area (Å²) in [5, 5.41) is 0. The average Bonchev–Trinajstić information content (AvgIpc) is 3.14. The van der Waals surface area contributed by atoms with Crippen LogP contribution in [0, 0.1) is 5.92 Å². The minimum absolute atomic E-state index is 0.450. The van der Waals surface area contributed by atoms with Crippen LogP contribution in [0.1, 0.15) is 259 Å². The van der Waals surface area contributed by atoms with E-state index in [1.165, 1.54) is 212 Å². The Labute approximate surface area is 329 Å². The van der Waals surface area contributed by atoms with Crippen molar-refractivity contribution >= 4 is 21.4 Å². The number of unbranched alkanes of at least 4 members (excludes halogenated alkanes) is 33. The van der Waals surface area contributed by atoms with Crippen molar-refractivity contribution < 1.29 is 13.3 Å². The second-order valence-electron chi connectivity index (χ2n) is 16.4. The normalized spacial score (nSPS) is 13.6. The molecule has 5 heteroatoms. The lowest BCUT2D eigenvalue weighted by Gasteiger charge is -2.32. The zero-order chi connectivity index (χ0) is 37.2. The van der Waals surface area contributed by atoms with E-state index in [2.05, 4.69) is 40.3 Å². The molecular formula is C46H96O3SSi. The van der Waals surface area contributed by atoms with Crippen molar-refractivity contribution in [2.45, 2.75) is 265 Å². The Bertz CT molecular complexity index is 638. The summed E-state index contributed by atoms with van der Waals surface area (Å²) in [7, 11) is -2.73. The molecule has 0 saturated heterocycles. The highest BCUT2D eigenvalue weighted by atomic mass is 32.1. The topological polar surface area (TPSA) is 27.7 Å². The summed E-state index contributed by atoms with van der Waals surface area (Å²) < 4.78 is 20.3. The molecule has 308 valence electrons. The van der Waals surface area contributed by atoms with E-state index in [0.717, 1.165) is 50.9 Å². The fraction of sp³-hybridized carbons (Fsp3) is 1.00. The van der Waals surface area contributed by atoms with E-state index in [-0.39, 0.29) is 0 Å². The van der Waals surface area contributed by atoms with E-state index in [0.29, 0.717) is 5.92 Å². The molecule has 0 aromatic heterocycles. The molecule has 2 unspecified atom stereocenters. The summed E-state index contributed by atoms with van der Waals surface area (Å²) >= 11 is 4.66. The highest BCUT2D eigenvalue weighted by Crippen LogP contribution is 2.25. The van der Waals surface area contributed by atoms with Gasteiger partial charge in [-0.25, -0.2) is 0 Å². The van der Waals surface area contributed by atoms with Crippen molar-refractivity contribution in [3.05, 3.63) is 0 Å². The van der Waals surface area contributed by atoms with Gasteiger partial charge in [0.2, 0.25) is 0 Å². The quantitative estimate of drug-likeness (QED) is 0.0381. The first-order chi connectivity index (χ1) is 25.1. The van der Waals surface area contributed by atoms with E-state index in [4.69, 9.17) is 13.3 Å². The van der Waals surface area contributed by atoms with E-state index in [1.807, 2.05) is 0 Å². The Hall–Kier alpha value is 0.447. The second kappa shape index (κ2) is 43.2. The summed E-state index contributed by atoms with van der Waals surface area (Å²) in [6.45, 7) is 11.6. The van der Waals surface area contributed by atoms with Crippen molar-refractivity contribution in [3.8, 4) is 0 Å². The van der Waals surface area contributed by atoms with Crippen LogP contribution in [-0.4, -0.2) is 34.4 Å². The van der Waals surface area contributed by atoms with Crippen molar-refractivity contribution in [1.29, 1.82) is 0 Å². The van der Waals surface area contributed by atoms with Gasteiger partial charge in [-0.2, -0.15) is 12.6 Å². The lowest BCUT2D eigenvalue weighted by molar-refractivity contribution is 0.0525. The first-order valence-corrected chi connectivity index (χ1v) is 26.2. The number of hydrogen-bond donors (Lipinski definition) is 1. The molecule has 0 amide bonds. The third-order valence-corrected chi connectivity index (χ3v) is 14.6. The summed E-state index contributed by atoms with van der Waals surface area (Å²) in [5.74, 6) is 1.31. The largest absolute Gasteiger partial charge is 0.501 e. The van der Waals surface area contributed by atoms with Gasteiger partial charge in [-0.05, 0) is 30.9 Å². The zero-order valence-corrected chi connectivity index (χ0v) is 37.6. The molecular weight excluding hydrogens is 661 g/mol. The molecule has 0 fully saturated rings. The third kappa shape index (κ3) is 38.5. The molecule has 3 nitrogen and oxygen atoms in total. The van der Waals surface area contributed by atoms with Crippen LogP contribution in [0.15, 0.2) is 0 Å². The van der Waals surface area contributed by atoms with Crippen LogP contribution in [0.25, 0.3) is 0 Å². The van der Waals surface area contributed by atoms with Gasteiger partial charge in [0.05, 0.1) is 0 Å². The molecule has 0 heterocycles. The van der Waals surface area contributed by atoms with Crippen LogP contribution in [0.3, 0.4) is 0 Å². The van der Waals surface area contributed by atoms with E-state index in [9.17, 15) is 0 Å². The average molecular weight is 757 g/mol. The summed E-state index contributed by atoms with van der Waals surface area (Å²) in [6, 6.07) is 0.908. The maximum absolute atomic E-state index is 6.77. The van der Waals surface area contributed by atoms with Crippen molar-refractivity contribution in [2.75, 3.05) is 25.6 Å². The maximum atomic E-state index is 6.77. The SMILES string of the molecule is CCCCCCCCCCCCCCCCO[Si](CC(C)CS)(OCCCCCCCCCCCC)OCCCCCCCCCCCCCC. The predicted molar refractivity (Wildman–Crippen MR) is 235 cm³/mol. The summed E-state index contributed by atoms with van der Waals surface area (Å²) in [4.78, 5) is 0. The van der Waals surface area contributed by atoms with Gasteiger partial charge in [0.15, 0.2) is 0 Å². The molecule has 51 heavy (non-hydrogen) atoms. The van der Waals surface area contributed by atoms with E-state index >= 15 is 0 Å². The molecule has 0 aliphatic carbocycles. The monoisotopic (exact) mass is 757 g/mol. The lowest BCUT2D eigenvalue weighted by Crippen LogP contribution is -2.48. The smallest absolute Gasteiger partial charge is 0.373 e. The number of thiol groups is 1. The highest BCUT2D eigenvalue weighted by molar-refractivity contribution is 7.80. The second-order valence-corrected chi connectivity index (χ2v) is 19.4. The van der Waals surface area contributed by atoms with E-state index < -0.39 is 8.80 Å². The van der Waals surface area contributed by atoms with Crippen molar-refractivity contribution in [3.63, 3.8) is 0 Å². The van der Waals surface area contributed by atoms with Crippen LogP contribution >= 0.6 is 12.6 Å². The Balaban J connectivity index is 4.53. The summed E-state index contributed by atoms with van der Waals surface area (Å²) in [6.07, 6.45) is 49.2. The Kier molecular flexibility index (Phi) is 43.6. The first-order valence-electron chi connectivity index (χ1n) is 23.7. The highest BCUT2D eigenvalue weighted by Gasteiger charge is 2.42. The van der Waals surface area contributed by atoms with Gasteiger partial charge in [-0.3, -0.25) is 0 Å². The predicted octanol–water partition coefficient (Wildman–Crippen LogP) is 16.6. The third-order valence-electron chi connectivity index (χ3n) is 10.9. The number of hydrogen-bond acceptors (Lipinski definition) is 4. The molecule has 0 N–H and O–H groups in total. The van der Waals surface area contributed by atoms with Gasteiger partial charge in [0, 0.05) is 25.9 Å². The molecule has 0 aliphatic heterocycles. The van der Waals surface area contributed by atoms with Crippen LogP contribution in [0.5, 0.6) is 0 Å². The molecule has 0 saturated carbocycles. The van der Waals surface area contributed by atoms with Crippen LogP contribution in [-0.2, 0) is 13.3 Å². The fourth-order valence-corrected chi connectivity index (χ4v) is 10.6. The molecule has 2 atom stereocenters. The van der Waals surface area contributed by atoms with Gasteiger partial charge >= 0.3 is 8.80 Å². The molecule has 0 bridgehead atoms. The van der Waals surface area contributed by atoms with Gasteiger partial charge in [0.25, 0.3) is 0 Å². The molecule has 0 aromatic rings. The van der Waals surface area contributed by atoms with Crippen molar-refractivity contribution in [1.82, 2.24) is 0 Å². The molecule has 0 radical (unpaired) electrons. The van der Waals surface area contributed by atoms with Crippen LogP contribution in [0.4, 0.5) is 0 Å². The van der Waals surface area contributed by atoms with Crippen LogP contribution in [0.2, 0.25) is 6.04 Å². The van der Waals surface area contributed by atoms with E-state index in [1.54, 1.807) is 0 Å². The Morgan fingerprint density at radius 2 is 0.529 bits per heavy atom. The molecule has 0 rings (SSSR count). The minimum atomic E-state index is -2.73. The maximum Gasteiger partial charge on any atom is 0.501 e. The van der Waals surface area contributed by atoms with Gasteiger partial charge in [-0.15, -0.1) is 0 Å². The Morgan fingerprint density at radius 3 is 0.725 bits per heavy atom. The summed E-state index contributed by atoms with van der Waals surface area (Å²) in [5.41, 5.74) is 0. The number of rotatable bonds is 45. The van der Waals surface area contributed by atoms with Gasteiger partial charge in [0.1, 0.15) is 0 Å². The molecule has 0 aliphatic rings. The zero-order valence-electron chi connectivity index (χ0n) is 35.7. The minimum Gasteiger partial charge on any atom is -0.373 e. The van der Waals surface area contributed by atoms with Crippen molar-refractivity contribution in [2.24, 2.45) is 5.92 Å².